The van der Waals surface area contributed by atoms with Crippen LogP contribution in [-0.2, 0) is 6.42 Å². The Morgan fingerprint density at radius 3 is 2.22 bits per heavy atom. The van der Waals surface area contributed by atoms with Crippen LogP contribution in [0.5, 0.6) is 0 Å². The van der Waals surface area contributed by atoms with E-state index in [9.17, 15) is 5.11 Å². The molecule has 0 bridgehead atoms. The summed E-state index contributed by atoms with van der Waals surface area (Å²) < 4.78 is 0. The number of hydrogen-bond acceptors (Lipinski definition) is 2. The van der Waals surface area contributed by atoms with Crippen LogP contribution in [0.3, 0.4) is 0 Å². The van der Waals surface area contributed by atoms with Gasteiger partial charge in [0.2, 0.25) is 0 Å². The fourth-order valence-electron chi connectivity index (χ4n) is 2.88. The molecule has 0 amide bonds. The molecule has 0 radical (unpaired) electrons. The first kappa shape index (κ1) is 13.6. The van der Waals surface area contributed by atoms with Gasteiger partial charge in [0.25, 0.3) is 0 Å². The molecule has 3 N–H and O–H groups in total. The molecule has 1 saturated carbocycles. The van der Waals surface area contributed by atoms with Crippen molar-refractivity contribution in [1.29, 1.82) is 0 Å². The molecular weight excluding hydrogens is 222 g/mol. The number of aliphatic hydroxyl groups excluding tert-OH is 1. The lowest BCUT2D eigenvalue weighted by Gasteiger charge is -2.44. The lowest BCUT2D eigenvalue weighted by molar-refractivity contribution is -0.0297. The van der Waals surface area contributed by atoms with Crippen LogP contribution >= 0.6 is 0 Å². The standard InChI is InChI=1S/C16H25NO/c1-12(2)10-13-4-6-14(7-5-13)15(18)16(11-17)8-3-9-16/h4-7,12,15,18H,3,8-11,17H2,1-2H3. The van der Waals surface area contributed by atoms with Crippen molar-refractivity contribution >= 4 is 0 Å². The zero-order valence-electron chi connectivity index (χ0n) is 11.5. The van der Waals surface area contributed by atoms with E-state index in [1.54, 1.807) is 0 Å². The molecule has 2 nitrogen and oxygen atoms in total. The summed E-state index contributed by atoms with van der Waals surface area (Å²) in [6.07, 6.45) is 4.00. The Morgan fingerprint density at radius 1 is 1.22 bits per heavy atom. The van der Waals surface area contributed by atoms with Gasteiger partial charge in [-0.1, -0.05) is 44.5 Å². The molecule has 0 spiro atoms. The quantitative estimate of drug-likeness (QED) is 0.840. The van der Waals surface area contributed by atoms with Crippen molar-refractivity contribution in [2.45, 2.75) is 45.6 Å². The first-order valence-electron chi connectivity index (χ1n) is 7.04. The molecule has 1 aliphatic rings. The van der Waals surface area contributed by atoms with Crippen molar-refractivity contribution < 1.29 is 5.11 Å². The highest BCUT2D eigenvalue weighted by atomic mass is 16.3. The number of hydrogen-bond donors (Lipinski definition) is 2. The molecule has 1 aliphatic carbocycles. The summed E-state index contributed by atoms with van der Waals surface area (Å²) in [4.78, 5) is 0. The molecule has 1 aromatic carbocycles. The van der Waals surface area contributed by atoms with E-state index < -0.39 is 6.10 Å². The predicted molar refractivity (Wildman–Crippen MR) is 75.3 cm³/mol. The van der Waals surface area contributed by atoms with Gasteiger partial charge < -0.3 is 10.8 Å². The van der Waals surface area contributed by atoms with E-state index in [0.29, 0.717) is 12.5 Å². The van der Waals surface area contributed by atoms with Crippen molar-refractivity contribution in [2.75, 3.05) is 6.54 Å². The largest absolute Gasteiger partial charge is 0.388 e. The van der Waals surface area contributed by atoms with Crippen LogP contribution in [0.25, 0.3) is 0 Å². The highest BCUT2D eigenvalue weighted by molar-refractivity contribution is 5.26. The summed E-state index contributed by atoms with van der Waals surface area (Å²) in [5.74, 6) is 0.669. The van der Waals surface area contributed by atoms with Gasteiger partial charge in [-0.3, -0.25) is 0 Å². The molecule has 1 unspecified atom stereocenters. The van der Waals surface area contributed by atoms with Gasteiger partial charge in [-0.05, 0) is 36.3 Å². The van der Waals surface area contributed by atoms with Crippen molar-refractivity contribution in [2.24, 2.45) is 17.1 Å². The van der Waals surface area contributed by atoms with Crippen molar-refractivity contribution in [1.82, 2.24) is 0 Å². The van der Waals surface area contributed by atoms with E-state index in [1.807, 2.05) is 0 Å². The molecule has 1 aromatic rings. The molecule has 1 atom stereocenters. The predicted octanol–water partition coefficient (Wildman–Crippen LogP) is 3.05. The minimum Gasteiger partial charge on any atom is -0.388 e. The SMILES string of the molecule is CC(C)Cc1ccc(C(O)C2(CN)CCC2)cc1. The molecule has 0 aliphatic heterocycles. The monoisotopic (exact) mass is 247 g/mol. The molecule has 1 fully saturated rings. The minimum atomic E-state index is -0.399. The summed E-state index contributed by atoms with van der Waals surface area (Å²) >= 11 is 0. The molecular formula is C16H25NO. The maximum atomic E-state index is 10.5. The third kappa shape index (κ3) is 2.60. The molecule has 0 heterocycles. The third-order valence-corrected chi connectivity index (χ3v) is 4.28. The van der Waals surface area contributed by atoms with Crippen LogP contribution in [0.1, 0.15) is 50.3 Å². The van der Waals surface area contributed by atoms with E-state index in [2.05, 4.69) is 38.1 Å². The zero-order valence-corrected chi connectivity index (χ0v) is 11.5. The maximum absolute atomic E-state index is 10.5. The Kier molecular flexibility index (Phi) is 4.08. The van der Waals surface area contributed by atoms with Gasteiger partial charge in [0.05, 0.1) is 6.10 Å². The minimum absolute atomic E-state index is 0.0560. The smallest absolute Gasteiger partial charge is 0.0858 e. The number of rotatable bonds is 5. The Labute approximate surface area is 110 Å². The zero-order chi connectivity index (χ0) is 13.2. The fourth-order valence-corrected chi connectivity index (χ4v) is 2.88. The van der Waals surface area contributed by atoms with E-state index in [-0.39, 0.29) is 5.41 Å². The van der Waals surface area contributed by atoms with Gasteiger partial charge in [-0.25, -0.2) is 0 Å². The van der Waals surface area contributed by atoms with E-state index >= 15 is 0 Å². The Morgan fingerprint density at radius 2 is 1.83 bits per heavy atom. The number of nitrogens with two attached hydrogens (primary N) is 1. The first-order valence-corrected chi connectivity index (χ1v) is 7.04. The maximum Gasteiger partial charge on any atom is 0.0858 e. The van der Waals surface area contributed by atoms with E-state index in [0.717, 1.165) is 24.8 Å². The molecule has 0 aromatic heterocycles. The van der Waals surface area contributed by atoms with Gasteiger partial charge in [-0.15, -0.1) is 0 Å². The van der Waals surface area contributed by atoms with Crippen LogP contribution in [0.15, 0.2) is 24.3 Å². The fraction of sp³-hybridized carbons (Fsp3) is 0.625. The Bertz CT molecular complexity index is 373. The third-order valence-electron chi connectivity index (χ3n) is 4.28. The summed E-state index contributed by atoms with van der Waals surface area (Å²) in [6, 6.07) is 8.42. The highest BCUT2D eigenvalue weighted by Gasteiger charge is 2.42. The summed E-state index contributed by atoms with van der Waals surface area (Å²) in [6.45, 7) is 5.03. The average molecular weight is 247 g/mol. The molecule has 2 heteroatoms. The van der Waals surface area contributed by atoms with Gasteiger partial charge in [0, 0.05) is 12.0 Å². The van der Waals surface area contributed by atoms with Gasteiger partial charge >= 0.3 is 0 Å². The lowest BCUT2D eigenvalue weighted by atomic mass is 9.63. The summed E-state index contributed by atoms with van der Waals surface area (Å²) in [5, 5.41) is 10.5. The second kappa shape index (κ2) is 5.41. The van der Waals surface area contributed by atoms with Gasteiger partial charge in [0.1, 0.15) is 0 Å². The van der Waals surface area contributed by atoms with Crippen LogP contribution in [0.4, 0.5) is 0 Å². The van der Waals surface area contributed by atoms with Gasteiger partial charge in [0.15, 0.2) is 0 Å². The first-order chi connectivity index (χ1) is 8.57. The summed E-state index contributed by atoms with van der Waals surface area (Å²) in [5.41, 5.74) is 8.15. The second-order valence-corrected chi connectivity index (χ2v) is 6.16. The number of benzene rings is 1. The Balaban J connectivity index is 2.09. The Hall–Kier alpha value is -0.860. The van der Waals surface area contributed by atoms with Crippen LogP contribution in [0.2, 0.25) is 0 Å². The molecule has 100 valence electrons. The molecule has 0 saturated heterocycles. The van der Waals surface area contributed by atoms with E-state index in [4.69, 9.17) is 5.73 Å². The van der Waals surface area contributed by atoms with Crippen LogP contribution in [0, 0.1) is 11.3 Å². The summed E-state index contributed by atoms with van der Waals surface area (Å²) in [7, 11) is 0. The topological polar surface area (TPSA) is 46.2 Å². The van der Waals surface area contributed by atoms with Crippen molar-refractivity contribution in [3.05, 3.63) is 35.4 Å². The van der Waals surface area contributed by atoms with Crippen LogP contribution < -0.4 is 5.73 Å². The molecule has 2 rings (SSSR count). The van der Waals surface area contributed by atoms with E-state index in [1.165, 1.54) is 12.0 Å². The highest BCUT2D eigenvalue weighted by Crippen LogP contribution is 2.49. The normalized spacial score (nSPS) is 19.6. The van der Waals surface area contributed by atoms with Crippen LogP contribution in [-0.4, -0.2) is 11.7 Å². The molecule has 18 heavy (non-hydrogen) atoms. The van der Waals surface area contributed by atoms with Crippen molar-refractivity contribution in [3.63, 3.8) is 0 Å². The lowest BCUT2D eigenvalue weighted by Crippen LogP contribution is -2.42. The number of aliphatic hydroxyl groups is 1. The van der Waals surface area contributed by atoms with Crippen molar-refractivity contribution in [3.8, 4) is 0 Å². The average Bonchev–Trinajstić information content (AvgIpc) is 2.28. The second-order valence-electron chi connectivity index (χ2n) is 6.16. The van der Waals surface area contributed by atoms with Gasteiger partial charge in [-0.2, -0.15) is 0 Å².